The molecule has 0 radical (unpaired) electrons. The monoisotopic (exact) mass is 405 g/mol. The van der Waals surface area contributed by atoms with E-state index in [9.17, 15) is 0 Å². The van der Waals surface area contributed by atoms with Crippen molar-refractivity contribution in [3.8, 4) is 6.01 Å². The topological polar surface area (TPSA) is 129 Å². The van der Waals surface area contributed by atoms with Crippen molar-refractivity contribution in [2.45, 2.75) is 26.3 Å². The van der Waals surface area contributed by atoms with E-state index in [2.05, 4.69) is 37.5 Å². The van der Waals surface area contributed by atoms with Gasteiger partial charge in [0.25, 0.3) is 0 Å². The zero-order chi connectivity index (χ0) is 20.6. The lowest BCUT2D eigenvalue weighted by Crippen LogP contribution is -2.17. The van der Waals surface area contributed by atoms with Crippen molar-refractivity contribution >= 4 is 11.9 Å². The Morgan fingerprint density at radius 2 is 1.72 bits per heavy atom. The third-order valence-corrected chi connectivity index (χ3v) is 3.66. The lowest BCUT2D eigenvalue weighted by Gasteiger charge is -2.11. The summed E-state index contributed by atoms with van der Waals surface area (Å²) in [6.07, 6.45) is 3.72. The molecule has 0 aliphatic rings. The highest BCUT2D eigenvalue weighted by Crippen LogP contribution is 2.12. The van der Waals surface area contributed by atoms with E-state index in [-0.39, 0.29) is 6.01 Å². The van der Waals surface area contributed by atoms with Crippen molar-refractivity contribution < 1.29 is 14.2 Å². The Hall–Kier alpha value is -2.56. The normalized spacial score (nSPS) is 10.7. The highest BCUT2D eigenvalue weighted by atomic mass is 16.5. The summed E-state index contributed by atoms with van der Waals surface area (Å²) in [4.78, 5) is 17.3. The SMILES string of the molecule is CCCCOc1nc(NCCOCCOCCN)nc(NCc2ccccn2)n1. The fourth-order valence-electron chi connectivity index (χ4n) is 2.20. The van der Waals surface area contributed by atoms with Crippen LogP contribution >= 0.6 is 0 Å². The summed E-state index contributed by atoms with van der Waals surface area (Å²) in [5.74, 6) is 0.855. The molecule has 0 saturated heterocycles. The molecule has 0 aromatic carbocycles. The second kappa shape index (κ2) is 14.4. The van der Waals surface area contributed by atoms with Gasteiger partial charge < -0.3 is 30.6 Å². The number of hydrogen-bond acceptors (Lipinski definition) is 10. The Labute approximate surface area is 171 Å². The first-order chi connectivity index (χ1) is 14.3. The first-order valence-electron chi connectivity index (χ1n) is 9.94. The quantitative estimate of drug-likeness (QED) is 0.353. The summed E-state index contributed by atoms with van der Waals surface area (Å²) in [6, 6.07) is 6.03. The molecule has 2 rings (SSSR count). The molecule has 10 heteroatoms. The summed E-state index contributed by atoms with van der Waals surface area (Å²) < 4.78 is 16.4. The van der Waals surface area contributed by atoms with Gasteiger partial charge in [-0.05, 0) is 18.6 Å². The molecular formula is C19H31N7O3. The zero-order valence-corrected chi connectivity index (χ0v) is 17.0. The fraction of sp³-hybridized carbons (Fsp3) is 0.579. The molecule has 0 bridgehead atoms. The van der Waals surface area contributed by atoms with Crippen molar-refractivity contribution in [1.29, 1.82) is 0 Å². The molecule has 0 aliphatic heterocycles. The van der Waals surface area contributed by atoms with Crippen molar-refractivity contribution in [3.63, 3.8) is 0 Å². The molecule has 0 aliphatic carbocycles. The average Bonchev–Trinajstić information content (AvgIpc) is 2.75. The van der Waals surface area contributed by atoms with E-state index >= 15 is 0 Å². The molecule has 10 nitrogen and oxygen atoms in total. The maximum atomic E-state index is 5.65. The first-order valence-corrected chi connectivity index (χ1v) is 9.94. The number of nitrogens with one attached hydrogen (secondary N) is 2. The molecule has 0 atom stereocenters. The maximum Gasteiger partial charge on any atom is 0.323 e. The van der Waals surface area contributed by atoms with Gasteiger partial charge in [-0.3, -0.25) is 4.98 Å². The summed E-state index contributed by atoms with van der Waals surface area (Å²) >= 11 is 0. The Bertz CT molecular complexity index is 676. The van der Waals surface area contributed by atoms with Crippen LogP contribution in [-0.4, -0.2) is 66.1 Å². The number of nitrogens with zero attached hydrogens (tertiary/aromatic N) is 4. The van der Waals surface area contributed by atoms with Gasteiger partial charge in [-0.25, -0.2) is 0 Å². The van der Waals surface area contributed by atoms with Crippen LogP contribution < -0.4 is 21.1 Å². The number of rotatable bonds is 16. The third-order valence-electron chi connectivity index (χ3n) is 3.66. The molecule has 2 heterocycles. The van der Waals surface area contributed by atoms with E-state index in [1.165, 1.54) is 0 Å². The largest absolute Gasteiger partial charge is 0.463 e. The number of pyridine rings is 1. The second-order valence-corrected chi connectivity index (χ2v) is 6.08. The van der Waals surface area contributed by atoms with Crippen LogP contribution in [0.1, 0.15) is 25.5 Å². The smallest absolute Gasteiger partial charge is 0.323 e. The lowest BCUT2D eigenvalue weighted by atomic mass is 10.3. The predicted octanol–water partition coefficient (Wildman–Crippen LogP) is 1.46. The molecule has 4 N–H and O–H groups in total. The second-order valence-electron chi connectivity index (χ2n) is 6.08. The Morgan fingerprint density at radius 1 is 0.931 bits per heavy atom. The van der Waals surface area contributed by atoms with Crippen molar-refractivity contribution in [3.05, 3.63) is 30.1 Å². The van der Waals surface area contributed by atoms with E-state index in [1.807, 2.05) is 18.2 Å². The molecular weight excluding hydrogens is 374 g/mol. The third kappa shape index (κ3) is 9.97. The van der Waals surface area contributed by atoms with Crippen molar-refractivity contribution in [2.24, 2.45) is 5.73 Å². The highest BCUT2D eigenvalue weighted by molar-refractivity contribution is 5.36. The van der Waals surface area contributed by atoms with Crippen LogP contribution in [0, 0.1) is 0 Å². The lowest BCUT2D eigenvalue weighted by molar-refractivity contribution is 0.0547. The Morgan fingerprint density at radius 3 is 2.45 bits per heavy atom. The molecule has 160 valence electrons. The van der Waals surface area contributed by atoms with E-state index in [4.69, 9.17) is 19.9 Å². The number of ether oxygens (including phenoxy) is 3. The van der Waals surface area contributed by atoms with Crippen LogP contribution in [0.4, 0.5) is 11.9 Å². The molecule has 0 amide bonds. The molecule has 0 unspecified atom stereocenters. The van der Waals surface area contributed by atoms with Crippen LogP contribution in [0.2, 0.25) is 0 Å². The van der Waals surface area contributed by atoms with Gasteiger partial charge in [-0.1, -0.05) is 19.4 Å². The minimum Gasteiger partial charge on any atom is -0.463 e. The van der Waals surface area contributed by atoms with Crippen LogP contribution in [0.25, 0.3) is 0 Å². The van der Waals surface area contributed by atoms with Crippen LogP contribution in [-0.2, 0) is 16.0 Å². The number of nitrogens with two attached hydrogens (primary N) is 1. The van der Waals surface area contributed by atoms with Gasteiger partial charge in [0.1, 0.15) is 0 Å². The Balaban J connectivity index is 1.84. The molecule has 2 aromatic heterocycles. The average molecular weight is 406 g/mol. The highest BCUT2D eigenvalue weighted by Gasteiger charge is 2.08. The van der Waals surface area contributed by atoms with Crippen LogP contribution in [0.3, 0.4) is 0 Å². The van der Waals surface area contributed by atoms with Crippen molar-refractivity contribution in [2.75, 3.05) is 56.8 Å². The fourth-order valence-corrected chi connectivity index (χ4v) is 2.20. The summed E-state index contributed by atoms with van der Waals surface area (Å²) in [5.41, 5.74) is 6.25. The number of anilines is 2. The molecule has 0 saturated carbocycles. The number of unbranched alkanes of at least 4 members (excludes halogenated alkanes) is 1. The van der Waals surface area contributed by atoms with Gasteiger partial charge in [-0.15, -0.1) is 0 Å². The van der Waals surface area contributed by atoms with E-state index in [0.29, 0.717) is 64.6 Å². The van der Waals surface area contributed by atoms with Gasteiger partial charge in [0.2, 0.25) is 11.9 Å². The molecule has 0 spiro atoms. The van der Waals surface area contributed by atoms with E-state index in [0.717, 1.165) is 18.5 Å². The molecule has 2 aromatic rings. The van der Waals surface area contributed by atoms with Gasteiger partial charge in [-0.2, -0.15) is 15.0 Å². The van der Waals surface area contributed by atoms with Crippen LogP contribution in [0.5, 0.6) is 6.01 Å². The van der Waals surface area contributed by atoms with Crippen LogP contribution in [0.15, 0.2) is 24.4 Å². The Kier molecular flexibility index (Phi) is 11.3. The van der Waals surface area contributed by atoms with Crippen molar-refractivity contribution in [1.82, 2.24) is 19.9 Å². The summed E-state index contributed by atoms with van der Waals surface area (Å²) in [7, 11) is 0. The summed E-state index contributed by atoms with van der Waals surface area (Å²) in [5, 5.41) is 6.29. The van der Waals surface area contributed by atoms with Gasteiger partial charge >= 0.3 is 6.01 Å². The van der Waals surface area contributed by atoms with Gasteiger partial charge in [0.15, 0.2) is 0 Å². The summed E-state index contributed by atoms with van der Waals surface area (Å²) in [6.45, 7) is 6.32. The zero-order valence-electron chi connectivity index (χ0n) is 17.0. The number of hydrogen-bond donors (Lipinski definition) is 3. The maximum absolute atomic E-state index is 5.65. The van der Waals surface area contributed by atoms with Gasteiger partial charge in [0.05, 0.1) is 45.3 Å². The van der Waals surface area contributed by atoms with E-state index < -0.39 is 0 Å². The van der Waals surface area contributed by atoms with E-state index in [1.54, 1.807) is 6.20 Å². The molecule has 29 heavy (non-hydrogen) atoms. The minimum atomic E-state index is 0.288. The first kappa shape index (κ1) is 22.7. The number of aromatic nitrogens is 4. The standard InChI is InChI=1S/C19H31N7O3/c1-2-3-10-29-19-25-17(22-9-12-28-14-13-27-11-7-20)24-18(26-19)23-15-16-6-4-5-8-21-16/h4-6,8H,2-3,7,9-15,20H2,1H3,(H2,22,23,24,25,26). The molecule has 0 fully saturated rings. The minimum absolute atomic E-state index is 0.288. The van der Waals surface area contributed by atoms with Gasteiger partial charge in [0, 0.05) is 19.3 Å². The predicted molar refractivity (Wildman–Crippen MR) is 111 cm³/mol.